The third-order valence-electron chi connectivity index (χ3n) is 3.52. The van der Waals surface area contributed by atoms with E-state index in [0.717, 1.165) is 31.7 Å². The SMILES string of the molecule is CC(C)(C)CN(c1ccc(C#N)c(Cl)c1)[C@H]1CCNC1. The van der Waals surface area contributed by atoms with Crippen LogP contribution in [0.4, 0.5) is 5.69 Å². The second-order valence-electron chi connectivity index (χ2n) is 6.61. The predicted molar refractivity (Wildman–Crippen MR) is 84.2 cm³/mol. The normalized spacial score (nSPS) is 18.9. The Bertz CT molecular complexity index is 507. The molecule has 1 heterocycles. The van der Waals surface area contributed by atoms with Crippen LogP contribution in [0.25, 0.3) is 0 Å². The maximum atomic E-state index is 8.99. The summed E-state index contributed by atoms with van der Waals surface area (Å²) in [4.78, 5) is 2.42. The Kier molecular flexibility index (Phi) is 4.57. The summed E-state index contributed by atoms with van der Waals surface area (Å²) in [5, 5.41) is 12.9. The van der Waals surface area contributed by atoms with Gasteiger partial charge >= 0.3 is 0 Å². The zero-order chi connectivity index (χ0) is 14.8. The summed E-state index contributed by atoms with van der Waals surface area (Å²) in [6, 6.07) is 8.36. The molecule has 1 aliphatic rings. The van der Waals surface area contributed by atoms with Crippen molar-refractivity contribution in [2.45, 2.75) is 33.2 Å². The molecule has 1 N–H and O–H groups in total. The van der Waals surface area contributed by atoms with Gasteiger partial charge in [-0.2, -0.15) is 5.26 Å². The summed E-state index contributed by atoms with van der Waals surface area (Å²) in [5.41, 5.74) is 1.86. The molecule has 4 heteroatoms. The van der Waals surface area contributed by atoms with Crippen molar-refractivity contribution >= 4 is 17.3 Å². The van der Waals surface area contributed by atoms with Gasteiger partial charge in [0, 0.05) is 24.8 Å². The van der Waals surface area contributed by atoms with Gasteiger partial charge < -0.3 is 10.2 Å². The first-order valence-corrected chi connectivity index (χ1v) is 7.45. The molecule has 3 nitrogen and oxygen atoms in total. The van der Waals surface area contributed by atoms with E-state index in [4.69, 9.17) is 16.9 Å². The molecule has 0 bridgehead atoms. The number of benzene rings is 1. The molecule has 0 aromatic heterocycles. The van der Waals surface area contributed by atoms with Gasteiger partial charge in [-0.1, -0.05) is 32.4 Å². The average molecular weight is 292 g/mol. The molecule has 0 radical (unpaired) electrons. The van der Waals surface area contributed by atoms with Crippen LogP contribution in [0, 0.1) is 16.7 Å². The molecular weight excluding hydrogens is 270 g/mol. The van der Waals surface area contributed by atoms with E-state index in [2.05, 4.69) is 37.1 Å². The minimum absolute atomic E-state index is 0.211. The molecule has 0 aliphatic carbocycles. The van der Waals surface area contributed by atoms with E-state index in [1.165, 1.54) is 0 Å². The highest BCUT2D eigenvalue weighted by atomic mass is 35.5. The summed E-state index contributed by atoms with van der Waals surface area (Å²) < 4.78 is 0. The predicted octanol–water partition coefficient (Wildman–Crippen LogP) is 3.43. The van der Waals surface area contributed by atoms with Gasteiger partial charge in [0.2, 0.25) is 0 Å². The molecule has 108 valence electrons. The van der Waals surface area contributed by atoms with Gasteiger partial charge in [-0.25, -0.2) is 0 Å². The van der Waals surface area contributed by atoms with Crippen LogP contribution in [0.2, 0.25) is 5.02 Å². The van der Waals surface area contributed by atoms with Crippen molar-refractivity contribution in [2.75, 3.05) is 24.5 Å². The molecule has 1 aromatic carbocycles. The van der Waals surface area contributed by atoms with Crippen LogP contribution in [0.1, 0.15) is 32.8 Å². The van der Waals surface area contributed by atoms with Gasteiger partial charge in [0.1, 0.15) is 6.07 Å². The Morgan fingerprint density at radius 1 is 1.45 bits per heavy atom. The fraction of sp³-hybridized carbons (Fsp3) is 0.562. The lowest BCUT2D eigenvalue weighted by Gasteiger charge is -2.36. The van der Waals surface area contributed by atoms with Crippen molar-refractivity contribution < 1.29 is 0 Å². The Morgan fingerprint density at radius 2 is 2.20 bits per heavy atom. The maximum Gasteiger partial charge on any atom is 0.101 e. The van der Waals surface area contributed by atoms with Crippen molar-refractivity contribution in [1.29, 1.82) is 5.26 Å². The van der Waals surface area contributed by atoms with Gasteiger partial charge in [-0.3, -0.25) is 0 Å². The van der Waals surface area contributed by atoms with E-state index in [1.54, 1.807) is 0 Å². The smallest absolute Gasteiger partial charge is 0.101 e. The molecule has 1 aliphatic heterocycles. The summed E-state index contributed by atoms with van der Waals surface area (Å²) >= 11 is 6.19. The van der Waals surface area contributed by atoms with E-state index < -0.39 is 0 Å². The molecule has 1 aromatic rings. The minimum atomic E-state index is 0.211. The second kappa shape index (κ2) is 6.03. The Hall–Kier alpha value is -1.24. The number of anilines is 1. The molecule has 1 fully saturated rings. The summed E-state index contributed by atoms with van der Waals surface area (Å²) in [6.45, 7) is 9.78. The Morgan fingerprint density at radius 3 is 2.70 bits per heavy atom. The average Bonchev–Trinajstić information content (AvgIpc) is 2.88. The van der Waals surface area contributed by atoms with Gasteiger partial charge in [0.15, 0.2) is 0 Å². The summed E-state index contributed by atoms with van der Waals surface area (Å²) in [5.74, 6) is 0. The van der Waals surface area contributed by atoms with Crippen LogP contribution in [0.3, 0.4) is 0 Å². The molecule has 1 saturated heterocycles. The Balaban J connectivity index is 2.30. The van der Waals surface area contributed by atoms with Crippen molar-refractivity contribution in [3.63, 3.8) is 0 Å². The molecule has 1 atom stereocenters. The highest BCUT2D eigenvalue weighted by Crippen LogP contribution is 2.29. The number of halogens is 1. The molecule has 0 spiro atoms. The van der Waals surface area contributed by atoms with E-state index in [-0.39, 0.29) is 5.41 Å². The van der Waals surface area contributed by atoms with Crippen LogP contribution >= 0.6 is 11.6 Å². The highest BCUT2D eigenvalue weighted by Gasteiger charge is 2.26. The van der Waals surface area contributed by atoms with E-state index in [0.29, 0.717) is 16.6 Å². The molecule has 2 rings (SSSR count). The lowest BCUT2D eigenvalue weighted by atomic mass is 9.94. The molecule has 0 amide bonds. The molecule has 0 saturated carbocycles. The first-order chi connectivity index (χ1) is 9.40. The van der Waals surface area contributed by atoms with Gasteiger partial charge in [0.25, 0.3) is 0 Å². The zero-order valence-electron chi connectivity index (χ0n) is 12.4. The number of hydrogen-bond donors (Lipinski definition) is 1. The molecule has 0 unspecified atom stereocenters. The van der Waals surface area contributed by atoms with Crippen LogP contribution < -0.4 is 10.2 Å². The van der Waals surface area contributed by atoms with Crippen LogP contribution in [0.5, 0.6) is 0 Å². The Labute approximate surface area is 126 Å². The van der Waals surface area contributed by atoms with Crippen molar-refractivity contribution in [1.82, 2.24) is 5.32 Å². The standard InChI is InChI=1S/C16H22ClN3/c1-16(2,3)11-20(14-6-7-19-10-14)13-5-4-12(9-18)15(17)8-13/h4-5,8,14,19H,6-7,10-11H2,1-3H3/t14-/m0/s1. The largest absolute Gasteiger partial charge is 0.367 e. The van der Waals surface area contributed by atoms with Crippen molar-refractivity contribution in [3.05, 3.63) is 28.8 Å². The van der Waals surface area contributed by atoms with Crippen molar-refractivity contribution in [2.24, 2.45) is 5.41 Å². The fourth-order valence-electron chi connectivity index (χ4n) is 2.62. The van der Waals surface area contributed by atoms with Gasteiger partial charge in [0.05, 0.1) is 10.6 Å². The van der Waals surface area contributed by atoms with Gasteiger partial charge in [-0.05, 0) is 36.6 Å². The third kappa shape index (κ3) is 3.65. The number of rotatable bonds is 3. The topological polar surface area (TPSA) is 39.1 Å². The minimum Gasteiger partial charge on any atom is -0.367 e. The van der Waals surface area contributed by atoms with E-state index in [9.17, 15) is 0 Å². The third-order valence-corrected chi connectivity index (χ3v) is 3.84. The summed E-state index contributed by atoms with van der Waals surface area (Å²) in [7, 11) is 0. The summed E-state index contributed by atoms with van der Waals surface area (Å²) in [6.07, 6.45) is 1.15. The maximum absolute atomic E-state index is 8.99. The quantitative estimate of drug-likeness (QED) is 0.927. The molecule has 20 heavy (non-hydrogen) atoms. The second-order valence-corrected chi connectivity index (χ2v) is 7.02. The highest BCUT2D eigenvalue weighted by molar-refractivity contribution is 6.32. The number of nitriles is 1. The van der Waals surface area contributed by atoms with E-state index in [1.807, 2.05) is 18.2 Å². The van der Waals surface area contributed by atoms with Crippen LogP contribution in [0.15, 0.2) is 18.2 Å². The van der Waals surface area contributed by atoms with Crippen LogP contribution in [-0.4, -0.2) is 25.7 Å². The number of hydrogen-bond acceptors (Lipinski definition) is 3. The fourth-order valence-corrected chi connectivity index (χ4v) is 2.84. The zero-order valence-corrected chi connectivity index (χ0v) is 13.2. The number of nitrogens with zero attached hydrogens (tertiary/aromatic N) is 2. The lowest BCUT2D eigenvalue weighted by molar-refractivity contribution is 0.393. The number of nitrogens with one attached hydrogen (secondary N) is 1. The first-order valence-electron chi connectivity index (χ1n) is 7.08. The van der Waals surface area contributed by atoms with Crippen LogP contribution in [-0.2, 0) is 0 Å². The molecular formula is C16H22ClN3. The van der Waals surface area contributed by atoms with Gasteiger partial charge in [-0.15, -0.1) is 0 Å². The van der Waals surface area contributed by atoms with E-state index >= 15 is 0 Å². The first kappa shape index (κ1) is 15.2. The lowest BCUT2D eigenvalue weighted by Crippen LogP contribution is -2.42. The monoisotopic (exact) mass is 291 g/mol. The van der Waals surface area contributed by atoms with Crippen molar-refractivity contribution in [3.8, 4) is 6.07 Å².